The van der Waals surface area contributed by atoms with Gasteiger partial charge in [0.1, 0.15) is 22.3 Å². The summed E-state index contributed by atoms with van der Waals surface area (Å²) < 4.78 is 52.4. The predicted octanol–water partition coefficient (Wildman–Crippen LogP) is 4.82. The van der Waals surface area contributed by atoms with Gasteiger partial charge in [-0.1, -0.05) is 17.7 Å². The summed E-state index contributed by atoms with van der Waals surface area (Å²) >= 11 is 5.87. The molecule has 0 aliphatic carbocycles. The van der Waals surface area contributed by atoms with E-state index in [2.05, 4.69) is 0 Å². The van der Waals surface area contributed by atoms with Crippen molar-refractivity contribution < 1.29 is 22.3 Å². The zero-order valence-electron chi connectivity index (χ0n) is 12.6. The van der Waals surface area contributed by atoms with Crippen LogP contribution in [0, 0.1) is 11.6 Å². The number of sulfone groups is 1. The van der Waals surface area contributed by atoms with E-state index in [-0.39, 0.29) is 21.8 Å². The zero-order chi connectivity index (χ0) is 18.2. The fourth-order valence-corrected chi connectivity index (χ4v) is 3.85. The van der Waals surface area contributed by atoms with Crippen LogP contribution in [0.3, 0.4) is 0 Å². The molecule has 0 saturated heterocycles. The van der Waals surface area contributed by atoms with Crippen molar-refractivity contribution in [2.75, 3.05) is 0 Å². The lowest BCUT2D eigenvalue weighted by atomic mass is 10.0. The van der Waals surface area contributed by atoms with Gasteiger partial charge in [-0.25, -0.2) is 17.2 Å². The number of halogens is 3. The van der Waals surface area contributed by atoms with E-state index in [9.17, 15) is 22.3 Å². The monoisotopic (exact) mass is 380 g/mol. The average Bonchev–Trinajstić information content (AvgIpc) is 2.57. The molecule has 3 rings (SSSR count). The van der Waals surface area contributed by atoms with Crippen molar-refractivity contribution in [2.45, 2.75) is 9.79 Å². The first-order valence-electron chi connectivity index (χ1n) is 7.08. The van der Waals surface area contributed by atoms with Gasteiger partial charge in [0, 0.05) is 10.6 Å². The lowest BCUT2D eigenvalue weighted by Gasteiger charge is -2.09. The topological polar surface area (TPSA) is 54.4 Å². The third-order valence-corrected chi connectivity index (χ3v) is 5.65. The molecule has 0 fully saturated rings. The van der Waals surface area contributed by atoms with Gasteiger partial charge in [0.15, 0.2) is 0 Å². The highest BCUT2D eigenvalue weighted by molar-refractivity contribution is 7.91. The Balaban J connectivity index is 2.08. The minimum absolute atomic E-state index is 0.113. The van der Waals surface area contributed by atoms with E-state index in [0.717, 1.165) is 36.4 Å². The number of phenolic OH excluding ortho intramolecular Hbond substituents is 1. The minimum Gasteiger partial charge on any atom is -0.507 e. The van der Waals surface area contributed by atoms with E-state index in [4.69, 9.17) is 11.6 Å². The lowest BCUT2D eigenvalue weighted by molar-refractivity contribution is 0.477. The second kappa shape index (κ2) is 6.46. The van der Waals surface area contributed by atoms with Gasteiger partial charge < -0.3 is 5.11 Å². The molecule has 0 saturated carbocycles. The fraction of sp³-hybridized carbons (Fsp3) is 0. The fourth-order valence-electron chi connectivity index (χ4n) is 2.37. The summed E-state index contributed by atoms with van der Waals surface area (Å²) in [5, 5.41) is 10.2. The van der Waals surface area contributed by atoms with Crippen LogP contribution in [0.15, 0.2) is 70.5 Å². The molecule has 0 heterocycles. The van der Waals surface area contributed by atoms with E-state index in [1.807, 2.05) is 0 Å². The smallest absolute Gasteiger partial charge is 0.209 e. The average molecular weight is 381 g/mol. The SMILES string of the molecule is O=S(=O)(c1ccc(F)cc1)c1ccc(-c2cc(Cl)ccc2O)cc1F. The van der Waals surface area contributed by atoms with Gasteiger partial charge in [0.2, 0.25) is 9.84 Å². The summed E-state index contributed by atoms with van der Waals surface area (Å²) in [6.07, 6.45) is 0. The Kier molecular flexibility index (Phi) is 4.49. The van der Waals surface area contributed by atoms with Crippen molar-refractivity contribution >= 4 is 21.4 Å². The molecule has 0 aromatic heterocycles. The minimum atomic E-state index is -4.13. The lowest BCUT2D eigenvalue weighted by Crippen LogP contribution is -2.05. The van der Waals surface area contributed by atoms with Crippen molar-refractivity contribution in [3.63, 3.8) is 0 Å². The van der Waals surface area contributed by atoms with Crippen LogP contribution in [-0.4, -0.2) is 13.5 Å². The number of hydrogen-bond donors (Lipinski definition) is 1. The van der Waals surface area contributed by atoms with E-state index >= 15 is 0 Å². The van der Waals surface area contributed by atoms with Crippen LogP contribution in [0.4, 0.5) is 8.78 Å². The second-order valence-electron chi connectivity index (χ2n) is 5.26. The zero-order valence-corrected chi connectivity index (χ0v) is 14.2. The molecule has 0 radical (unpaired) electrons. The summed E-state index contributed by atoms with van der Waals surface area (Å²) in [7, 11) is -4.13. The Labute approximate surface area is 148 Å². The maximum atomic E-state index is 14.5. The molecule has 1 N–H and O–H groups in total. The Morgan fingerprint density at radius 3 is 2.20 bits per heavy atom. The summed E-state index contributed by atoms with van der Waals surface area (Å²) in [5.41, 5.74) is 0.549. The molecule has 0 spiro atoms. The molecule has 0 bridgehead atoms. The van der Waals surface area contributed by atoms with Crippen LogP contribution < -0.4 is 0 Å². The number of benzene rings is 3. The first kappa shape index (κ1) is 17.4. The standard InChI is InChI=1S/C18H11ClF2O3S/c19-12-2-7-17(22)15(10-12)11-1-8-18(16(21)9-11)25(23,24)14-5-3-13(20)4-6-14/h1-10,22H. The number of rotatable bonds is 3. The molecule has 0 atom stereocenters. The maximum absolute atomic E-state index is 14.5. The van der Waals surface area contributed by atoms with Crippen molar-refractivity contribution in [3.8, 4) is 16.9 Å². The Morgan fingerprint density at radius 1 is 0.880 bits per heavy atom. The molecule has 128 valence electrons. The van der Waals surface area contributed by atoms with Gasteiger partial charge in [0.25, 0.3) is 0 Å². The maximum Gasteiger partial charge on any atom is 0.209 e. The first-order valence-corrected chi connectivity index (χ1v) is 8.94. The summed E-state index contributed by atoms with van der Waals surface area (Å²) in [4.78, 5) is -0.754. The Morgan fingerprint density at radius 2 is 1.56 bits per heavy atom. The van der Waals surface area contributed by atoms with Gasteiger partial charge in [-0.3, -0.25) is 0 Å². The molecular weight excluding hydrogens is 370 g/mol. The molecule has 25 heavy (non-hydrogen) atoms. The third-order valence-electron chi connectivity index (χ3n) is 3.61. The summed E-state index contributed by atoms with van der Waals surface area (Å²) in [6.45, 7) is 0. The van der Waals surface area contributed by atoms with Crippen LogP contribution in [0.5, 0.6) is 5.75 Å². The molecule has 3 aromatic rings. The van der Waals surface area contributed by atoms with E-state index in [1.54, 1.807) is 0 Å². The first-order chi connectivity index (χ1) is 11.8. The Hall–Kier alpha value is -2.44. The normalized spacial score (nSPS) is 11.5. The number of phenols is 1. The van der Waals surface area contributed by atoms with Crippen LogP contribution in [0.2, 0.25) is 5.02 Å². The predicted molar refractivity (Wildman–Crippen MR) is 90.4 cm³/mol. The number of hydrogen-bond acceptors (Lipinski definition) is 3. The van der Waals surface area contributed by atoms with E-state index in [0.29, 0.717) is 5.02 Å². The highest BCUT2D eigenvalue weighted by atomic mass is 35.5. The van der Waals surface area contributed by atoms with Gasteiger partial charge in [-0.2, -0.15) is 0 Å². The van der Waals surface area contributed by atoms with Crippen molar-refractivity contribution in [1.82, 2.24) is 0 Å². The quantitative estimate of drug-likeness (QED) is 0.662. The highest BCUT2D eigenvalue weighted by Crippen LogP contribution is 2.34. The van der Waals surface area contributed by atoms with Gasteiger partial charge in [-0.05, 0) is 60.2 Å². The summed E-state index contributed by atoms with van der Waals surface area (Å²) in [5.74, 6) is -1.69. The molecule has 7 heteroatoms. The van der Waals surface area contributed by atoms with Crippen molar-refractivity contribution in [2.24, 2.45) is 0 Å². The molecular formula is C18H11ClF2O3S. The van der Waals surface area contributed by atoms with E-state index < -0.39 is 26.4 Å². The van der Waals surface area contributed by atoms with Gasteiger partial charge in [0.05, 0.1) is 4.90 Å². The van der Waals surface area contributed by atoms with Crippen LogP contribution in [0.1, 0.15) is 0 Å². The molecule has 0 unspecified atom stereocenters. The van der Waals surface area contributed by atoms with Crippen LogP contribution in [-0.2, 0) is 9.84 Å². The highest BCUT2D eigenvalue weighted by Gasteiger charge is 2.22. The van der Waals surface area contributed by atoms with Gasteiger partial charge >= 0.3 is 0 Å². The molecule has 0 aliphatic rings. The van der Waals surface area contributed by atoms with Gasteiger partial charge in [-0.15, -0.1) is 0 Å². The molecule has 0 aliphatic heterocycles. The van der Waals surface area contributed by atoms with E-state index in [1.165, 1.54) is 24.3 Å². The summed E-state index contributed by atoms with van der Waals surface area (Å²) in [6, 6.07) is 11.9. The molecule has 0 amide bonds. The largest absolute Gasteiger partial charge is 0.507 e. The Bertz CT molecular complexity index is 1050. The van der Waals surface area contributed by atoms with Crippen LogP contribution >= 0.6 is 11.6 Å². The van der Waals surface area contributed by atoms with Crippen molar-refractivity contribution in [3.05, 3.63) is 77.3 Å². The van der Waals surface area contributed by atoms with Crippen LogP contribution in [0.25, 0.3) is 11.1 Å². The number of aromatic hydroxyl groups is 1. The second-order valence-corrected chi connectivity index (χ2v) is 7.62. The molecule has 3 aromatic carbocycles. The third kappa shape index (κ3) is 3.36. The molecule has 3 nitrogen and oxygen atoms in total. The van der Waals surface area contributed by atoms with Crippen molar-refractivity contribution in [1.29, 1.82) is 0 Å².